The van der Waals surface area contributed by atoms with Crippen molar-refractivity contribution in [3.63, 3.8) is 0 Å². The highest BCUT2D eigenvalue weighted by Crippen LogP contribution is 2.53. The minimum Gasteiger partial charge on any atom is -0.463 e. The molecule has 9 aromatic carbocycles. The average molecular weight is 1280 g/mol. The van der Waals surface area contributed by atoms with Crippen LogP contribution in [0, 0.1) is 0 Å². The second-order valence-corrected chi connectivity index (χ2v) is 23.2. The fraction of sp³-hybridized carbons (Fsp3) is 0.253. The minimum absolute atomic E-state index is 0.506. The van der Waals surface area contributed by atoms with E-state index in [9.17, 15) is 24.0 Å². The van der Waals surface area contributed by atoms with Gasteiger partial charge in [0.25, 0.3) is 0 Å². The normalized spacial score (nSPS) is 21.1. The summed E-state index contributed by atoms with van der Waals surface area (Å²) in [5.41, 5.74) is 1.06. The number of ether oxygens (including phenoxy) is 11. The number of esters is 5. The molecule has 0 spiro atoms. The van der Waals surface area contributed by atoms with Crippen LogP contribution in [0.3, 0.4) is 0 Å². The van der Waals surface area contributed by atoms with E-state index in [2.05, 4.69) is 0 Å². The lowest BCUT2D eigenvalue weighted by atomic mass is 9.78. The molecule has 9 atom stereocenters. The summed E-state index contributed by atoms with van der Waals surface area (Å²) in [4.78, 5) is 67.3. The molecule has 0 amide bonds. The first-order chi connectivity index (χ1) is 46.2. The van der Waals surface area contributed by atoms with Gasteiger partial charge >= 0.3 is 29.8 Å². The zero-order valence-corrected chi connectivity index (χ0v) is 53.3. The molecular formula is C79H74O16. The van der Waals surface area contributed by atoms with E-state index in [1.165, 1.54) is 13.8 Å². The van der Waals surface area contributed by atoms with Gasteiger partial charge in [-0.1, -0.05) is 273 Å². The van der Waals surface area contributed by atoms with Gasteiger partial charge in [0.05, 0.1) is 0 Å². The second kappa shape index (κ2) is 30.0. The van der Waals surface area contributed by atoms with Gasteiger partial charge in [-0.05, 0) is 50.1 Å². The van der Waals surface area contributed by atoms with Crippen molar-refractivity contribution < 1.29 is 76.1 Å². The molecule has 0 unspecified atom stereocenters. The Bertz CT molecular complexity index is 3670. The molecule has 486 valence electrons. The lowest BCUT2D eigenvalue weighted by molar-refractivity contribution is -0.394. The maximum absolute atomic E-state index is 13.9. The topological polar surface area (TPSA) is 187 Å². The van der Waals surface area contributed by atoms with Crippen LogP contribution in [-0.2, 0) is 92.9 Å². The third-order valence-corrected chi connectivity index (χ3v) is 16.9. The highest BCUT2D eigenvalue weighted by atomic mass is 16.8. The zero-order chi connectivity index (χ0) is 66.4. The first kappa shape index (κ1) is 66.5. The van der Waals surface area contributed by atoms with Gasteiger partial charge in [0, 0.05) is 34.6 Å². The monoisotopic (exact) mass is 1280 g/mol. The third-order valence-electron chi connectivity index (χ3n) is 16.9. The van der Waals surface area contributed by atoms with Crippen LogP contribution >= 0.6 is 0 Å². The molecular weight excluding hydrogens is 1200 g/mol. The molecule has 16 heteroatoms. The van der Waals surface area contributed by atoms with Crippen molar-refractivity contribution in [2.45, 2.75) is 106 Å². The summed E-state index contributed by atoms with van der Waals surface area (Å²) in [5.74, 6) is -6.55. The molecule has 0 bridgehead atoms. The Labute approximate surface area is 552 Å². The van der Waals surface area contributed by atoms with E-state index < -0.39 is 121 Å². The van der Waals surface area contributed by atoms with Crippen LogP contribution in [0.15, 0.2) is 273 Å². The van der Waals surface area contributed by atoms with Crippen molar-refractivity contribution in [3.05, 3.63) is 323 Å². The van der Waals surface area contributed by atoms with Gasteiger partial charge in [0.1, 0.15) is 61.0 Å². The molecule has 2 saturated heterocycles. The molecule has 2 aliphatic rings. The molecule has 2 fully saturated rings. The van der Waals surface area contributed by atoms with Crippen molar-refractivity contribution in [1.82, 2.24) is 0 Å². The summed E-state index contributed by atoms with van der Waals surface area (Å²) in [6.45, 7) is 4.09. The molecule has 0 aliphatic carbocycles. The quantitative estimate of drug-likeness (QED) is 0.0298. The van der Waals surface area contributed by atoms with Crippen molar-refractivity contribution in [2.24, 2.45) is 0 Å². The average Bonchev–Trinajstić information content (AvgIpc) is 1.65. The smallest absolute Gasteiger partial charge is 0.303 e. The van der Waals surface area contributed by atoms with Crippen LogP contribution in [0.2, 0.25) is 0 Å². The number of rotatable bonds is 25. The van der Waals surface area contributed by atoms with Gasteiger partial charge < -0.3 is 52.1 Å². The van der Waals surface area contributed by atoms with Gasteiger partial charge in [0.15, 0.2) is 18.3 Å². The van der Waals surface area contributed by atoms with Crippen molar-refractivity contribution in [2.75, 3.05) is 19.8 Å². The summed E-state index contributed by atoms with van der Waals surface area (Å²) < 4.78 is 77.6. The maximum Gasteiger partial charge on any atom is 0.303 e. The van der Waals surface area contributed by atoms with Gasteiger partial charge in [0.2, 0.25) is 12.1 Å². The predicted molar refractivity (Wildman–Crippen MR) is 351 cm³/mol. The van der Waals surface area contributed by atoms with Crippen molar-refractivity contribution >= 4 is 29.8 Å². The maximum atomic E-state index is 13.9. The van der Waals surface area contributed by atoms with E-state index in [-0.39, 0.29) is 0 Å². The Morgan fingerprint density at radius 3 is 0.937 bits per heavy atom. The fourth-order valence-corrected chi connectivity index (χ4v) is 13.0. The minimum atomic E-state index is -2.54. The summed E-state index contributed by atoms with van der Waals surface area (Å²) in [6.07, 6.45) is -13.2. The fourth-order valence-electron chi connectivity index (χ4n) is 13.0. The largest absolute Gasteiger partial charge is 0.463 e. The standard InChI is InChI=1S/C79H74O16/c1-54(80)85-51-68-70(88-56(3)82)72(89-57(4)83)73(90-58(5)84)75(91-68)95-76(53-87-77(59-33-15-6-16-34-59,60-35-17-7-18-36-60)61-37-19-8-20-38-61)74(94-79(65-45-27-12-28-46-65,66-47-29-13-30-48-66)67-49-31-14-32-50-67)71(69(92-76)52-86-55(2)81)93-78(62-39-21-9-22-40-62,63-41-23-10-24-42-63)64-43-25-11-26-44-64/h6-50,68-75H,51-53H2,1-5H3/t68-,69-,70-,71-,72+,73-,74+,75-,76+/m1/s1. The highest BCUT2D eigenvalue weighted by Gasteiger charge is 2.67. The molecule has 0 N–H and O–H groups in total. The number of hydrogen-bond donors (Lipinski definition) is 0. The Morgan fingerprint density at radius 2 is 0.621 bits per heavy atom. The highest BCUT2D eigenvalue weighted by molar-refractivity contribution is 5.69. The lowest BCUT2D eigenvalue weighted by Crippen LogP contribution is -2.66. The van der Waals surface area contributed by atoms with Crippen molar-refractivity contribution in [3.8, 4) is 0 Å². The Kier molecular flexibility index (Phi) is 21.0. The van der Waals surface area contributed by atoms with Crippen molar-refractivity contribution in [1.29, 1.82) is 0 Å². The van der Waals surface area contributed by atoms with Gasteiger partial charge in [-0.15, -0.1) is 0 Å². The van der Waals surface area contributed by atoms with E-state index in [1.807, 2.05) is 273 Å². The van der Waals surface area contributed by atoms with E-state index >= 15 is 0 Å². The molecule has 95 heavy (non-hydrogen) atoms. The number of carbonyl (C=O) groups is 5. The molecule has 0 radical (unpaired) electrons. The van der Waals surface area contributed by atoms with Gasteiger partial charge in [-0.3, -0.25) is 24.0 Å². The van der Waals surface area contributed by atoms with E-state index in [1.54, 1.807) is 0 Å². The Balaban J connectivity index is 1.28. The number of carbonyl (C=O) groups excluding carboxylic acids is 5. The summed E-state index contributed by atoms with van der Waals surface area (Å²) >= 11 is 0. The van der Waals surface area contributed by atoms with E-state index in [4.69, 9.17) is 52.1 Å². The summed E-state index contributed by atoms with van der Waals surface area (Å²) in [6, 6.07) is 86.8. The van der Waals surface area contributed by atoms with Crippen LogP contribution < -0.4 is 0 Å². The molecule has 2 heterocycles. The molecule has 9 aromatic rings. The van der Waals surface area contributed by atoms with E-state index in [0.717, 1.165) is 20.8 Å². The van der Waals surface area contributed by atoms with Crippen LogP contribution in [0.4, 0.5) is 0 Å². The molecule has 0 aromatic heterocycles. The number of hydrogen-bond acceptors (Lipinski definition) is 16. The van der Waals surface area contributed by atoms with Crippen LogP contribution in [0.1, 0.15) is 84.7 Å². The first-order valence-electron chi connectivity index (χ1n) is 31.5. The van der Waals surface area contributed by atoms with Crippen LogP contribution in [0.5, 0.6) is 0 Å². The zero-order valence-electron chi connectivity index (χ0n) is 53.3. The molecule has 0 saturated carbocycles. The third kappa shape index (κ3) is 14.3. The number of benzene rings is 9. The Morgan fingerprint density at radius 1 is 0.337 bits per heavy atom. The SMILES string of the molecule is CC(=O)OC[C@H]1O[C@@](COC(c2ccccc2)(c2ccccc2)c2ccccc2)(O[C@H]2O[C@H](COC(C)=O)[C@@H](OC(C)=O)[C@H](OC(C)=O)[C@H]2OC(C)=O)[C@@H](OC(c2ccccc2)(c2ccccc2)c2ccccc2)[C@@H]1OC(c1ccccc1)(c1ccccc1)c1ccccc1. The van der Waals surface area contributed by atoms with Gasteiger partial charge in [-0.2, -0.15) is 0 Å². The van der Waals surface area contributed by atoms with Crippen LogP contribution in [0.25, 0.3) is 0 Å². The molecule has 16 nitrogen and oxygen atoms in total. The lowest BCUT2D eigenvalue weighted by Gasteiger charge is -2.49. The van der Waals surface area contributed by atoms with Crippen LogP contribution in [-0.4, -0.2) is 104 Å². The van der Waals surface area contributed by atoms with Gasteiger partial charge in [-0.25, -0.2) is 0 Å². The predicted octanol–water partition coefficient (Wildman–Crippen LogP) is 12.5. The summed E-state index contributed by atoms with van der Waals surface area (Å²) in [7, 11) is 0. The van der Waals surface area contributed by atoms with E-state index in [0.29, 0.717) is 50.1 Å². The summed E-state index contributed by atoms with van der Waals surface area (Å²) in [5, 5.41) is 0. The Hall–Kier alpha value is -9.91. The molecule has 11 rings (SSSR count). The first-order valence-corrected chi connectivity index (χ1v) is 31.5. The second-order valence-electron chi connectivity index (χ2n) is 23.2. The molecule has 2 aliphatic heterocycles.